The van der Waals surface area contributed by atoms with Gasteiger partial charge in [0.1, 0.15) is 0 Å². The van der Waals surface area contributed by atoms with Gasteiger partial charge < -0.3 is 20.2 Å². The molecule has 88 valence electrons. The summed E-state index contributed by atoms with van der Waals surface area (Å²) in [5, 5.41) is 13.6. The van der Waals surface area contributed by atoms with Crippen LogP contribution in [0.15, 0.2) is 22.8 Å². The summed E-state index contributed by atoms with van der Waals surface area (Å²) in [5.41, 5.74) is 0. The van der Waals surface area contributed by atoms with E-state index in [2.05, 4.69) is 10.6 Å². The van der Waals surface area contributed by atoms with Crippen LogP contribution < -0.4 is 10.6 Å². The highest BCUT2D eigenvalue weighted by Crippen LogP contribution is 1.98. The lowest BCUT2D eigenvalue weighted by Gasteiger charge is -2.10. The second-order valence-electron chi connectivity index (χ2n) is 3.31. The molecule has 0 bridgehead atoms. The third kappa shape index (κ3) is 3.74. The maximum atomic E-state index is 11.3. The molecule has 0 spiro atoms. The van der Waals surface area contributed by atoms with Crippen molar-refractivity contribution in [1.82, 2.24) is 10.6 Å². The minimum Gasteiger partial charge on any atom is -0.459 e. The summed E-state index contributed by atoms with van der Waals surface area (Å²) in [6, 6.07) is 2.76. The van der Waals surface area contributed by atoms with E-state index in [0.29, 0.717) is 0 Å². The van der Waals surface area contributed by atoms with Gasteiger partial charge in [-0.05, 0) is 19.1 Å². The second-order valence-corrected chi connectivity index (χ2v) is 3.31. The summed E-state index contributed by atoms with van der Waals surface area (Å²) in [5.74, 6) is -0.652. The van der Waals surface area contributed by atoms with Crippen molar-refractivity contribution < 1.29 is 19.1 Å². The summed E-state index contributed by atoms with van der Waals surface area (Å²) in [6.07, 6.45) is 1.38. The van der Waals surface area contributed by atoms with Gasteiger partial charge in [-0.2, -0.15) is 0 Å². The molecule has 1 aromatic rings. The topological polar surface area (TPSA) is 91.6 Å². The lowest BCUT2D eigenvalue weighted by Crippen LogP contribution is -2.42. The number of rotatable bonds is 5. The first-order chi connectivity index (χ1) is 7.63. The average Bonchev–Trinajstić information content (AvgIpc) is 2.79. The molecule has 0 saturated carbocycles. The Kier molecular flexibility index (Phi) is 4.53. The zero-order chi connectivity index (χ0) is 12.0. The molecule has 0 fully saturated rings. The monoisotopic (exact) mass is 226 g/mol. The summed E-state index contributed by atoms with van der Waals surface area (Å²) >= 11 is 0. The minimum atomic E-state index is -0.447. The molecule has 0 aliphatic heterocycles. The molecular formula is C10H14N2O4. The Labute approximate surface area is 92.6 Å². The van der Waals surface area contributed by atoms with E-state index in [1.165, 1.54) is 12.3 Å². The van der Waals surface area contributed by atoms with Gasteiger partial charge >= 0.3 is 0 Å². The maximum Gasteiger partial charge on any atom is 0.287 e. The molecule has 1 aromatic heterocycles. The summed E-state index contributed by atoms with van der Waals surface area (Å²) in [7, 11) is 0. The summed E-state index contributed by atoms with van der Waals surface area (Å²) in [6.45, 7) is 1.37. The Balaban J connectivity index is 2.29. The van der Waals surface area contributed by atoms with Crippen LogP contribution in [0.5, 0.6) is 0 Å². The smallest absolute Gasteiger partial charge is 0.287 e. The predicted octanol–water partition coefficient (Wildman–Crippen LogP) is -0.494. The number of aliphatic hydroxyl groups excluding tert-OH is 1. The van der Waals surface area contributed by atoms with E-state index in [-0.39, 0.29) is 30.9 Å². The number of nitrogens with one attached hydrogen (secondary N) is 2. The van der Waals surface area contributed by atoms with Crippen molar-refractivity contribution in [3.63, 3.8) is 0 Å². The Morgan fingerprint density at radius 3 is 2.88 bits per heavy atom. The van der Waals surface area contributed by atoms with Crippen LogP contribution in [0.1, 0.15) is 17.5 Å². The number of hydrogen-bond acceptors (Lipinski definition) is 4. The number of aliphatic hydroxyl groups is 1. The molecule has 1 unspecified atom stereocenters. The highest BCUT2D eigenvalue weighted by Gasteiger charge is 2.11. The number of hydrogen-bond donors (Lipinski definition) is 3. The van der Waals surface area contributed by atoms with E-state index in [1.807, 2.05) is 0 Å². The van der Waals surface area contributed by atoms with Crippen molar-refractivity contribution in [1.29, 1.82) is 0 Å². The number of amides is 2. The van der Waals surface area contributed by atoms with Crippen LogP contribution in [0.2, 0.25) is 0 Å². The molecule has 1 heterocycles. The van der Waals surface area contributed by atoms with Gasteiger partial charge in [-0.15, -0.1) is 0 Å². The Morgan fingerprint density at radius 2 is 2.31 bits per heavy atom. The van der Waals surface area contributed by atoms with E-state index in [0.717, 1.165) is 0 Å². The van der Waals surface area contributed by atoms with Gasteiger partial charge in [-0.3, -0.25) is 9.59 Å². The molecule has 16 heavy (non-hydrogen) atoms. The standard InChI is InChI=1S/C10H14N2O4/c1-7(6-13)12-9(14)5-11-10(15)8-3-2-4-16-8/h2-4,7,13H,5-6H2,1H3,(H,11,15)(H,12,14). The molecule has 0 aliphatic carbocycles. The van der Waals surface area contributed by atoms with Gasteiger partial charge in [0.2, 0.25) is 5.91 Å². The van der Waals surface area contributed by atoms with Crippen LogP contribution in [-0.2, 0) is 4.79 Å². The largest absolute Gasteiger partial charge is 0.459 e. The third-order valence-corrected chi connectivity index (χ3v) is 1.84. The highest BCUT2D eigenvalue weighted by molar-refractivity contribution is 5.94. The van der Waals surface area contributed by atoms with Crippen molar-refractivity contribution >= 4 is 11.8 Å². The Hall–Kier alpha value is -1.82. The van der Waals surface area contributed by atoms with Crippen LogP contribution in [0.4, 0.5) is 0 Å². The fourth-order valence-corrected chi connectivity index (χ4v) is 1.03. The van der Waals surface area contributed by atoms with Gasteiger partial charge in [-0.25, -0.2) is 0 Å². The molecule has 0 aliphatic rings. The Bertz CT molecular complexity index is 348. The molecule has 1 atom stereocenters. The molecule has 0 radical (unpaired) electrons. The van der Waals surface area contributed by atoms with Crippen molar-refractivity contribution in [3.8, 4) is 0 Å². The minimum absolute atomic E-state index is 0.141. The van der Waals surface area contributed by atoms with Gasteiger partial charge in [0.15, 0.2) is 5.76 Å². The van der Waals surface area contributed by atoms with Crippen molar-refractivity contribution in [2.24, 2.45) is 0 Å². The fraction of sp³-hybridized carbons (Fsp3) is 0.400. The number of furan rings is 1. The molecule has 6 heteroatoms. The Morgan fingerprint density at radius 1 is 1.56 bits per heavy atom. The molecule has 2 amide bonds. The molecule has 1 rings (SSSR count). The number of carbonyl (C=O) groups excluding carboxylic acids is 2. The van der Waals surface area contributed by atoms with Crippen LogP contribution in [0.3, 0.4) is 0 Å². The first-order valence-corrected chi connectivity index (χ1v) is 4.85. The van der Waals surface area contributed by atoms with E-state index in [1.54, 1.807) is 13.0 Å². The fourth-order valence-electron chi connectivity index (χ4n) is 1.03. The first kappa shape index (κ1) is 12.3. The summed E-state index contributed by atoms with van der Waals surface area (Å²) in [4.78, 5) is 22.6. The predicted molar refractivity (Wildman–Crippen MR) is 55.7 cm³/mol. The normalized spacial score (nSPS) is 11.9. The molecule has 0 aromatic carbocycles. The van der Waals surface area contributed by atoms with E-state index < -0.39 is 5.91 Å². The van der Waals surface area contributed by atoms with Crippen LogP contribution in [0, 0.1) is 0 Å². The molecule has 6 nitrogen and oxygen atoms in total. The van der Waals surface area contributed by atoms with Gasteiger partial charge in [0.25, 0.3) is 5.91 Å². The van der Waals surface area contributed by atoms with E-state index in [9.17, 15) is 9.59 Å². The zero-order valence-electron chi connectivity index (χ0n) is 8.90. The SMILES string of the molecule is CC(CO)NC(=O)CNC(=O)c1ccco1. The average molecular weight is 226 g/mol. The van der Waals surface area contributed by atoms with Crippen molar-refractivity contribution in [2.75, 3.05) is 13.2 Å². The van der Waals surface area contributed by atoms with Gasteiger partial charge in [0.05, 0.1) is 19.4 Å². The van der Waals surface area contributed by atoms with Gasteiger partial charge in [-0.1, -0.05) is 0 Å². The molecule has 0 saturated heterocycles. The van der Waals surface area contributed by atoms with Crippen molar-refractivity contribution in [3.05, 3.63) is 24.2 Å². The lowest BCUT2D eigenvalue weighted by atomic mass is 10.3. The number of carbonyl (C=O) groups is 2. The molecular weight excluding hydrogens is 212 g/mol. The quantitative estimate of drug-likeness (QED) is 0.631. The zero-order valence-corrected chi connectivity index (χ0v) is 8.90. The second kappa shape index (κ2) is 5.92. The maximum absolute atomic E-state index is 11.3. The van der Waals surface area contributed by atoms with E-state index in [4.69, 9.17) is 9.52 Å². The first-order valence-electron chi connectivity index (χ1n) is 4.85. The van der Waals surface area contributed by atoms with Gasteiger partial charge in [0, 0.05) is 6.04 Å². The third-order valence-electron chi connectivity index (χ3n) is 1.84. The molecule has 3 N–H and O–H groups in total. The van der Waals surface area contributed by atoms with Crippen LogP contribution >= 0.6 is 0 Å². The van der Waals surface area contributed by atoms with Crippen LogP contribution in [0.25, 0.3) is 0 Å². The lowest BCUT2D eigenvalue weighted by molar-refractivity contribution is -0.121. The van der Waals surface area contributed by atoms with Crippen molar-refractivity contribution in [2.45, 2.75) is 13.0 Å². The summed E-state index contributed by atoms with van der Waals surface area (Å²) < 4.78 is 4.85. The highest BCUT2D eigenvalue weighted by atomic mass is 16.3. The van der Waals surface area contributed by atoms with Crippen LogP contribution in [-0.4, -0.2) is 36.1 Å². The van der Waals surface area contributed by atoms with E-state index >= 15 is 0 Å².